The first kappa shape index (κ1) is 11.5. The van der Waals surface area contributed by atoms with Crippen LogP contribution in [0.5, 0.6) is 5.75 Å². The van der Waals surface area contributed by atoms with E-state index in [1.54, 1.807) is 12.1 Å². The van der Waals surface area contributed by atoms with Crippen LogP contribution in [0.25, 0.3) is 11.3 Å². The second kappa shape index (κ2) is 4.29. The number of pyridine rings is 1. The Bertz CT molecular complexity index is 741. The van der Waals surface area contributed by atoms with Gasteiger partial charge >= 0.3 is 0 Å². The molecule has 0 aliphatic carbocycles. The van der Waals surface area contributed by atoms with Crippen LogP contribution in [0.3, 0.4) is 0 Å². The van der Waals surface area contributed by atoms with Crippen LogP contribution in [0.2, 0.25) is 0 Å². The van der Waals surface area contributed by atoms with Gasteiger partial charge in [0.25, 0.3) is 5.56 Å². The number of aromatic nitrogens is 1. The molecule has 1 atom stereocenters. The van der Waals surface area contributed by atoms with Crippen LogP contribution in [-0.2, 0) is 6.42 Å². The van der Waals surface area contributed by atoms with Crippen molar-refractivity contribution in [2.45, 2.75) is 19.4 Å². The largest absolute Gasteiger partial charge is 0.490 e. The van der Waals surface area contributed by atoms with Gasteiger partial charge < -0.3 is 9.72 Å². The van der Waals surface area contributed by atoms with Crippen LogP contribution in [0.15, 0.2) is 35.1 Å². The maximum atomic E-state index is 11.6. The Morgan fingerprint density at radius 1 is 1.37 bits per heavy atom. The highest BCUT2D eigenvalue weighted by molar-refractivity contribution is 5.63. The van der Waals surface area contributed by atoms with Crippen molar-refractivity contribution in [3.63, 3.8) is 0 Å². The number of benzene rings is 1. The molecule has 1 aromatic heterocycles. The molecule has 94 valence electrons. The van der Waals surface area contributed by atoms with Gasteiger partial charge in [-0.15, -0.1) is 0 Å². The van der Waals surface area contributed by atoms with Gasteiger partial charge in [-0.1, -0.05) is 0 Å². The molecule has 2 aromatic rings. The van der Waals surface area contributed by atoms with Gasteiger partial charge in [-0.2, -0.15) is 5.26 Å². The van der Waals surface area contributed by atoms with Gasteiger partial charge in [0, 0.05) is 12.1 Å². The zero-order valence-electron chi connectivity index (χ0n) is 10.4. The summed E-state index contributed by atoms with van der Waals surface area (Å²) < 4.78 is 5.64. The van der Waals surface area contributed by atoms with Gasteiger partial charge in [0.1, 0.15) is 23.5 Å². The number of nitriles is 1. The molecule has 0 bridgehead atoms. The van der Waals surface area contributed by atoms with E-state index >= 15 is 0 Å². The molecular formula is C15H12N2O2. The molecule has 0 spiro atoms. The normalized spacial score (nSPS) is 16.5. The number of hydrogen-bond donors (Lipinski definition) is 1. The summed E-state index contributed by atoms with van der Waals surface area (Å²) in [6.07, 6.45) is 1.08. The highest BCUT2D eigenvalue weighted by Crippen LogP contribution is 2.32. The summed E-state index contributed by atoms with van der Waals surface area (Å²) in [5.74, 6) is 0.909. The minimum absolute atomic E-state index is 0.127. The summed E-state index contributed by atoms with van der Waals surface area (Å²) >= 11 is 0. The van der Waals surface area contributed by atoms with Crippen molar-refractivity contribution in [3.05, 3.63) is 51.8 Å². The molecule has 0 saturated heterocycles. The molecule has 1 N–H and O–H groups in total. The zero-order chi connectivity index (χ0) is 13.4. The second-order valence-electron chi connectivity index (χ2n) is 4.68. The molecule has 0 unspecified atom stereocenters. The minimum atomic E-state index is -0.356. The molecule has 1 aromatic carbocycles. The van der Waals surface area contributed by atoms with E-state index in [1.165, 1.54) is 0 Å². The number of rotatable bonds is 1. The van der Waals surface area contributed by atoms with Crippen LogP contribution in [0.1, 0.15) is 18.1 Å². The highest BCUT2D eigenvalue weighted by Gasteiger charge is 2.19. The lowest BCUT2D eigenvalue weighted by Crippen LogP contribution is -2.10. The van der Waals surface area contributed by atoms with Crippen molar-refractivity contribution in [2.24, 2.45) is 0 Å². The third-order valence-electron chi connectivity index (χ3n) is 3.24. The molecule has 4 heteroatoms. The van der Waals surface area contributed by atoms with Crippen LogP contribution < -0.4 is 10.3 Å². The lowest BCUT2D eigenvalue weighted by atomic mass is 10.0. The van der Waals surface area contributed by atoms with Gasteiger partial charge in [-0.25, -0.2) is 0 Å². The molecule has 0 amide bonds. The fourth-order valence-corrected chi connectivity index (χ4v) is 2.32. The topological polar surface area (TPSA) is 65.9 Å². The molecule has 0 fully saturated rings. The van der Waals surface area contributed by atoms with Gasteiger partial charge in [0.05, 0.1) is 0 Å². The lowest BCUT2D eigenvalue weighted by Gasteiger charge is -2.04. The summed E-state index contributed by atoms with van der Waals surface area (Å²) in [6.45, 7) is 2.03. The number of nitrogens with zero attached hydrogens (tertiary/aromatic N) is 1. The maximum absolute atomic E-state index is 11.6. The predicted octanol–water partition coefficient (Wildman–Crippen LogP) is 2.24. The highest BCUT2D eigenvalue weighted by atomic mass is 16.5. The van der Waals surface area contributed by atoms with Gasteiger partial charge in [-0.3, -0.25) is 4.79 Å². The fourth-order valence-electron chi connectivity index (χ4n) is 2.32. The molecule has 0 saturated carbocycles. The number of hydrogen-bond acceptors (Lipinski definition) is 3. The van der Waals surface area contributed by atoms with Crippen molar-refractivity contribution in [1.29, 1.82) is 5.26 Å². The molecule has 2 heterocycles. The number of aromatic amines is 1. The third-order valence-corrected chi connectivity index (χ3v) is 3.24. The first-order chi connectivity index (χ1) is 9.17. The Labute approximate surface area is 110 Å². The van der Waals surface area contributed by atoms with Crippen LogP contribution >= 0.6 is 0 Å². The minimum Gasteiger partial charge on any atom is -0.490 e. The predicted molar refractivity (Wildman–Crippen MR) is 71.0 cm³/mol. The van der Waals surface area contributed by atoms with Crippen molar-refractivity contribution >= 4 is 0 Å². The fraction of sp³-hybridized carbons (Fsp3) is 0.200. The number of H-pyrrole nitrogens is 1. The van der Waals surface area contributed by atoms with E-state index in [-0.39, 0.29) is 17.2 Å². The summed E-state index contributed by atoms with van der Waals surface area (Å²) in [5.41, 5.74) is 2.56. The molecule has 1 aliphatic rings. The Morgan fingerprint density at radius 2 is 2.21 bits per heavy atom. The second-order valence-corrected chi connectivity index (χ2v) is 4.68. The molecule has 4 nitrogen and oxygen atoms in total. The van der Waals surface area contributed by atoms with Crippen molar-refractivity contribution in [2.75, 3.05) is 0 Å². The molecule has 0 radical (unpaired) electrons. The standard InChI is InChI=1S/C15H12N2O2/c1-9-6-12-7-10(3-5-14(12)19-9)13-4-2-11(8-16)15(18)17-13/h2-5,7,9H,6H2,1H3,(H,17,18)/t9-/m0/s1. The number of ether oxygens (including phenoxy) is 1. The average molecular weight is 252 g/mol. The first-order valence-electron chi connectivity index (χ1n) is 6.11. The monoisotopic (exact) mass is 252 g/mol. The Hall–Kier alpha value is -2.54. The van der Waals surface area contributed by atoms with Crippen LogP contribution in [0.4, 0.5) is 0 Å². The Morgan fingerprint density at radius 3 is 2.95 bits per heavy atom. The van der Waals surface area contributed by atoms with Gasteiger partial charge in [0.2, 0.25) is 0 Å². The SMILES string of the molecule is C[C@H]1Cc2cc(-c3ccc(C#N)c(=O)[nH]3)ccc2O1. The van der Waals surface area contributed by atoms with Crippen molar-refractivity contribution in [3.8, 4) is 23.1 Å². The van der Waals surface area contributed by atoms with E-state index in [0.29, 0.717) is 5.69 Å². The van der Waals surface area contributed by atoms with Gasteiger partial charge in [0.15, 0.2) is 0 Å². The summed E-state index contributed by atoms with van der Waals surface area (Å²) in [5, 5.41) is 8.75. The number of nitrogens with one attached hydrogen (secondary N) is 1. The van der Waals surface area contributed by atoms with E-state index in [0.717, 1.165) is 23.3 Å². The molecule has 3 rings (SSSR count). The third kappa shape index (κ3) is 2.00. The van der Waals surface area contributed by atoms with Crippen LogP contribution in [0, 0.1) is 11.3 Å². The average Bonchev–Trinajstić information content (AvgIpc) is 2.77. The van der Waals surface area contributed by atoms with Crippen LogP contribution in [-0.4, -0.2) is 11.1 Å². The number of fused-ring (bicyclic) bond motifs is 1. The smallest absolute Gasteiger partial charge is 0.266 e. The summed E-state index contributed by atoms with van der Waals surface area (Å²) in [6, 6.07) is 11.0. The molecular weight excluding hydrogens is 240 g/mol. The maximum Gasteiger partial charge on any atom is 0.266 e. The quantitative estimate of drug-likeness (QED) is 0.846. The Kier molecular flexibility index (Phi) is 2.60. The van der Waals surface area contributed by atoms with E-state index in [1.807, 2.05) is 31.2 Å². The van der Waals surface area contributed by atoms with Crippen molar-refractivity contribution < 1.29 is 4.74 Å². The molecule has 1 aliphatic heterocycles. The zero-order valence-corrected chi connectivity index (χ0v) is 10.4. The Balaban J connectivity index is 2.05. The van der Waals surface area contributed by atoms with E-state index in [9.17, 15) is 4.79 Å². The van der Waals surface area contributed by atoms with E-state index < -0.39 is 0 Å². The van der Waals surface area contributed by atoms with Gasteiger partial charge in [-0.05, 0) is 48.4 Å². The summed E-state index contributed by atoms with van der Waals surface area (Å²) in [4.78, 5) is 14.4. The van der Waals surface area contributed by atoms with E-state index in [4.69, 9.17) is 10.00 Å². The van der Waals surface area contributed by atoms with E-state index in [2.05, 4.69) is 4.98 Å². The summed E-state index contributed by atoms with van der Waals surface area (Å²) in [7, 11) is 0. The first-order valence-corrected chi connectivity index (χ1v) is 6.11. The van der Waals surface area contributed by atoms with Crippen molar-refractivity contribution in [1.82, 2.24) is 4.98 Å². The lowest BCUT2D eigenvalue weighted by molar-refractivity contribution is 0.254. The molecule has 19 heavy (non-hydrogen) atoms.